The molecule has 1 N–H and O–H groups in total. The maximum absolute atomic E-state index is 12.0. The minimum atomic E-state index is -0.945. The highest BCUT2D eigenvalue weighted by Crippen LogP contribution is 2.36. The molecule has 0 saturated carbocycles. The minimum Gasteiger partial charge on any atom is -0.478 e. The van der Waals surface area contributed by atoms with Crippen molar-refractivity contribution in [3.05, 3.63) is 59.2 Å². The molecule has 2 atom stereocenters. The second-order valence-electron chi connectivity index (χ2n) is 5.30. The zero-order valence-electron chi connectivity index (χ0n) is 13.7. The van der Waals surface area contributed by atoms with Crippen LogP contribution in [0, 0.1) is 5.92 Å². The molecule has 0 heterocycles. The van der Waals surface area contributed by atoms with Crippen molar-refractivity contribution in [2.75, 3.05) is 0 Å². The van der Waals surface area contributed by atoms with Crippen LogP contribution in [0.25, 0.3) is 0 Å². The second kappa shape index (κ2) is 8.32. The van der Waals surface area contributed by atoms with Gasteiger partial charge in [0.2, 0.25) is 0 Å². The quantitative estimate of drug-likeness (QED) is 0.655. The Morgan fingerprint density at radius 3 is 2.55 bits per heavy atom. The van der Waals surface area contributed by atoms with Gasteiger partial charge in [-0.1, -0.05) is 57.2 Å². The first-order chi connectivity index (χ1) is 10.5. The molecule has 1 aliphatic rings. The van der Waals surface area contributed by atoms with Crippen LogP contribution in [-0.4, -0.2) is 16.9 Å². The molecule has 3 heteroatoms. The number of benzene rings is 1. The molecule has 3 nitrogen and oxygen atoms in total. The molecule has 0 aliphatic heterocycles. The number of Topliss-reactive ketones (excluding diaryl/α,β-unsaturated/α-hetero) is 1. The van der Waals surface area contributed by atoms with Gasteiger partial charge in [0.05, 0.1) is 0 Å². The predicted octanol–water partition coefficient (Wildman–Crippen LogP) is 4.61. The molecule has 0 saturated heterocycles. The topological polar surface area (TPSA) is 54.4 Å². The van der Waals surface area contributed by atoms with Gasteiger partial charge in [-0.3, -0.25) is 4.79 Å². The molecular formula is C19H24O3. The van der Waals surface area contributed by atoms with E-state index in [9.17, 15) is 9.59 Å². The van der Waals surface area contributed by atoms with E-state index in [4.69, 9.17) is 5.11 Å². The molecule has 0 fully saturated rings. The number of carbonyl (C=O) groups excluding carboxylic acids is 1. The lowest BCUT2D eigenvalue weighted by Crippen LogP contribution is -2.22. The number of hydrogen-bond donors (Lipinski definition) is 1. The Bertz CT molecular complexity index is 596. The van der Waals surface area contributed by atoms with Crippen LogP contribution >= 0.6 is 0 Å². The summed E-state index contributed by atoms with van der Waals surface area (Å²) in [4.78, 5) is 22.6. The van der Waals surface area contributed by atoms with Gasteiger partial charge in [0.1, 0.15) is 0 Å². The second-order valence-corrected chi connectivity index (χ2v) is 5.30. The maximum Gasteiger partial charge on any atom is 0.328 e. The molecule has 1 aliphatic carbocycles. The Morgan fingerprint density at radius 1 is 1.27 bits per heavy atom. The van der Waals surface area contributed by atoms with E-state index in [1.807, 2.05) is 50.3 Å². The molecule has 1 aromatic rings. The zero-order chi connectivity index (χ0) is 16.7. The summed E-state index contributed by atoms with van der Waals surface area (Å²) in [5.74, 6) is -0.373. The van der Waals surface area contributed by atoms with Crippen molar-refractivity contribution < 1.29 is 14.7 Å². The zero-order valence-corrected chi connectivity index (χ0v) is 13.7. The smallest absolute Gasteiger partial charge is 0.328 e. The number of rotatable bonds is 3. The standard InChI is InChI=1S/C17H18O3.C2H6/c1-11(9-17(19)20)7-8-13-12(2)10-16(18)15-6-4-3-5-14(13)15;1-2/h3-9,12-13H,10H2,1-2H3,(H,19,20);1-2H3/b8-7+,11-9-;/t12-,13?;/m1./s1. The summed E-state index contributed by atoms with van der Waals surface area (Å²) in [6, 6.07) is 7.66. The molecule has 1 unspecified atom stereocenters. The van der Waals surface area contributed by atoms with Crippen molar-refractivity contribution in [2.45, 2.75) is 40.0 Å². The highest BCUT2D eigenvalue weighted by molar-refractivity contribution is 5.99. The van der Waals surface area contributed by atoms with Crippen LogP contribution in [0.1, 0.15) is 56.0 Å². The van der Waals surface area contributed by atoms with E-state index in [0.717, 1.165) is 11.1 Å². The average Bonchev–Trinajstić information content (AvgIpc) is 2.48. The van der Waals surface area contributed by atoms with Crippen LogP contribution in [0.4, 0.5) is 0 Å². The first-order valence-corrected chi connectivity index (χ1v) is 7.70. The lowest BCUT2D eigenvalue weighted by molar-refractivity contribution is -0.131. The summed E-state index contributed by atoms with van der Waals surface area (Å²) >= 11 is 0. The van der Waals surface area contributed by atoms with E-state index >= 15 is 0 Å². The highest BCUT2D eigenvalue weighted by atomic mass is 16.4. The number of fused-ring (bicyclic) bond motifs is 1. The van der Waals surface area contributed by atoms with Gasteiger partial charge in [0.15, 0.2) is 5.78 Å². The summed E-state index contributed by atoms with van der Waals surface area (Å²) in [6.45, 7) is 7.81. The molecule has 0 aromatic heterocycles. The Balaban J connectivity index is 0.00000116. The summed E-state index contributed by atoms with van der Waals surface area (Å²) < 4.78 is 0. The molecule has 1 aromatic carbocycles. The lowest BCUT2D eigenvalue weighted by Gasteiger charge is -2.28. The van der Waals surface area contributed by atoms with Gasteiger partial charge in [-0.2, -0.15) is 0 Å². The predicted molar refractivity (Wildman–Crippen MR) is 89.2 cm³/mol. The van der Waals surface area contributed by atoms with Crippen LogP contribution in [0.2, 0.25) is 0 Å². The van der Waals surface area contributed by atoms with E-state index in [2.05, 4.69) is 6.92 Å². The van der Waals surface area contributed by atoms with Crippen LogP contribution in [0.5, 0.6) is 0 Å². The minimum absolute atomic E-state index is 0.154. The van der Waals surface area contributed by atoms with Crippen molar-refractivity contribution in [1.82, 2.24) is 0 Å². The molecular weight excluding hydrogens is 276 g/mol. The first-order valence-electron chi connectivity index (χ1n) is 7.70. The van der Waals surface area contributed by atoms with Crippen molar-refractivity contribution in [3.63, 3.8) is 0 Å². The summed E-state index contributed by atoms with van der Waals surface area (Å²) in [5, 5.41) is 8.71. The SMILES string of the molecule is CC.CC(=C/C(=O)O)/C=C/C1c2ccccc2C(=O)C[C@H]1C. The van der Waals surface area contributed by atoms with Gasteiger partial charge in [0.25, 0.3) is 0 Å². The van der Waals surface area contributed by atoms with Gasteiger partial charge < -0.3 is 5.11 Å². The van der Waals surface area contributed by atoms with Gasteiger partial charge in [-0.15, -0.1) is 0 Å². The van der Waals surface area contributed by atoms with Crippen LogP contribution in [-0.2, 0) is 4.79 Å². The van der Waals surface area contributed by atoms with Gasteiger partial charge in [-0.05, 0) is 24.0 Å². The number of ketones is 1. The molecule has 118 valence electrons. The van der Waals surface area contributed by atoms with Crippen LogP contribution in [0.3, 0.4) is 0 Å². The van der Waals surface area contributed by atoms with Gasteiger partial charge in [0, 0.05) is 24.0 Å². The van der Waals surface area contributed by atoms with Crippen LogP contribution < -0.4 is 0 Å². The Hall–Kier alpha value is -2.16. The van der Waals surface area contributed by atoms with Crippen molar-refractivity contribution in [2.24, 2.45) is 5.92 Å². The van der Waals surface area contributed by atoms with E-state index in [-0.39, 0.29) is 17.6 Å². The Kier molecular flexibility index (Phi) is 6.77. The fourth-order valence-corrected chi connectivity index (χ4v) is 2.67. The monoisotopic (exact) mass is 300 g/mol. The number of hydrogen-bond acceptors (Lipinski definition) is 2. The van der Waals surface area contributed by atoms with Crippen molar-refractivity contribution in [3.8, 4) is 0 Å². The number of allylic oxidation sites excluding steroid dienone is 3. The number of aliphatic carboxylic acids is 1. The maximum atomic E-state index is 12.0. The normalized spacial score (nSPS) is 21.1. The molecule has 2 rings (SSSR count). The first kappa shape index (κ1) is 17.9. The summed E-state index contributed by atoms with van der Waals surface area (Å²) in [7, 11) is 0. The van der Waals surface area contributed by atoms with Gasteiger partial charge in [-0.25, -0.2) is 4.79 Å². The molecule has 0 radical (unpaired) electrons. The third kappa shape index (κ3) is 4.42. The fourth-order valence-electron chi connectivity index (χ4n) is 2.67. The van der Waals surface area contributed by atoms with Gasteiger partial charge >= 0.3 is 5.97 Å². The van der Waals surface area contributed by atoms with E-state index in [1.54, 1.807) is 6.92 Å². The van der Waals surface area contributed by atoms with E-state index in [1.165, 1.54) is 6.08 Å². The Morgan fingerprint density at radius 2 is 1.91 bits per heavy atom. The molecule has 22 heavy (non-hydrogen) atoms. The number of carboxylic acid groups (broad SMARTS) is 1. The number of carbonyl (C=O) groups is 2. The highest BCUT2D eigenvalue weighted by Gasteiger charge is 2.29. The average molecular weight is 300 g/mol. The fraction of sp³-hybridized carbons (Fsp3) is 0.368. The van der Waals surface area contributed by atoms with E-state index in [0.29, 0.717) is 12.0 Å². The molecule has 0 bridgehead atoms. The summed E-state index contributed by atoms with van der Waals surface area (Å²) in [6.07, 6.45) is 5.54. The number of carboxylic acids is 1. The lowest BCUT2D eigenvalue weighted by atomic mass is 9.75. The largest absolute Gasteiger partial charge is 0.478 e. The summed E-state index contributed by atoms with van der Waals surface area (Å²) in [5.41, 5.74) is 2.52. The third-order valence-electron chi connectivity index (χ3n) is 3.66. The van der Waals surface area contributed by atoms with E-state index < -0.39 is 5.97 Å². The van der Waals surface area contributed by atoms with Crippen molar-refractivity contribution >= 4 is 11.8 Å². The molecule has 0 spiro atoms. The Labute approximate surface area is 132 Å². The van der Waals surface area contributed by atoms with Crippen LogP contribution in [0.15, 0.2) is 48.1 Å². The van der Waals surface area contributed by atoms with Crippen molar-refractivity contribution in [1.29, 1.82) is 0 Å². The third-order valence-corrected chi connectivity index (χ3v) is 3.66. The molecule has 0 amide bonds.